The number of nitrogens with one attached hydrogen (secondary N) is 2. The van der Waals surface area contributed by atoms with E-state index in [2.05, 4.69) is 10.6 Å². The van der Waals surface area contributed by atoms with Crippen molar-refractivity contribution in [2.45, 2.75) is 18.9 Å². The molecule has 2 N–H and O–H groups in total. The van der Waals surface area contributed by atoms with Gasteiger partial charge in [-0.1, -0.05) is 0 Å². The third-order valence-corrected chi connectivity index (χ3v) is 2.59. The molecular weight excluding hydrogens is 166 g/mol. The Kier molecular flexibility index (Phi) is 2.80. The van der Waals surface area contributed by atoms with E-state index in [-0.39, 0.29) is 5.91 Å². The van der Waals surface area contributed by atoms with Gasteiger partial charge in [0, 0.05) is 32.2 Å². The van der Waals surface area contributed by atoms with Crippen molar-refractivity contribution in [2.75, 3.05) is 32.7 Å². The van der Waals surface area contributed by atoms with Gasteiger partial charge in [-0.3, -0.25) is 4.79 Å². The van der Waals surface area contributed by atoms with Crippen molar-refractivity contribution in [1.82, 2.24) is 15.5 Å². The first-order chi connectivity index (χ1) is 6.36. The summed E-state index contributed by atoms with van der Waals surface area (Å²) in [6.45, 7) is 4.14. The highest BCUT2D eigenvalue weighted by atomic mass is 16.2. The highest BCUT2D eigenvalue weighted by Crippen LogP contribution is 2.18. The first-order valence-electron chi connectivity index (χ1n) is 5.08. The van der Waals surface area contributed by atoms with E-state index in [0.717, 1.165) is 26.2 Å². The largest absolute Gasteiger partial charge is 0.339 e. The van der Waals surface area contributed by atoms with Gasteiger partial charge in [-0.25, -0.2) is 0 Å². The fraction of sp³-hybridized carbons (Fsp3) is 0.889. The Morgan fingerprint density at radius 3 is 2.69 bits per heavy atom. The topological polar surface area (TPSA) is 44.4 Å². The van der Waals surface area contributed by atoms with Gasteiger partial charge in [0.15, 0.2) is 0 Å². The summed E-state index contributed by atoms with van der Waals surface area (Å²) in [6.07, 6.45) is 2.49. The lowest BCUT2D eigenvalue weighted by molar-refractivity contribution is -0.130. The van der Waals surface area contributed by atoms with E-state index >= 15 is 0 Å². The van der Waals surface area contributed by atoms with Crippen molar-refractivity contribution in [2.24, 2.45) is 0 Å². The van der Waals surface area contributed by atoms with Crippen LogP contribution in [0.1, 0.15) is 12.8 Å². The second-order valence-electron chi connectivity index (χ2n) is 3.79. The zero-order valence-corrected chi connectivity index (χ0v) is 7.88. The zero-order valence-electron chi connectivity index (χ0n) is 7.88. The second kappa shape index (κ2) is 4.07. The fourth-order valence-corrected chi connectivity index (χ4v) is 1.55. The molecule has 0 bridgehead atoms. The molecule has 1 saturated heterocycles. The molecule has 2 rings (SSSR count). The summed E-state index contributed by atoms with van der Waals surface area (Å²) in [7, 11) is 0. The normalized spacial score (nSPS) is 23.2. The highest BCUT2D eigenvalue weighted by Gasteiger charge is 2.23. The molecule has 1 heterocycles. The third-order valence-electron chi connectivity index (χ3n) is 2.59. The predicted octanol–water partition coefficient (Wildman–Crippen LogP) is -0.830. The van der Waals surface area contributed by atoms with E-state index < -0.39 is 0 Å². The Labute approximate surface area is 78.7 Å². The number of rotatable bonds is 3. The molecule has 1 aliphatic carbocycles. The van der Waals surface area contributed by atoms with Gasteiger partial charge >= 0.3 is 0 Å². The van der Waals surface area contributed by atoms with E-state index in [0.29, 0.717) is 12.6 Å². The summed E-state index contributed by atoms with van der Waals surface area (Å²) in [6, 6.07) is 0.631. The van der Waals surface area contributed by atoms with Gasteiger partial charge in [0.05, 0.1) is 6.54 Å². The first kappa shape index (κ1) is 8.97. The summed E-state index contributed by atoms with van der Waals surface area (Å²) < 4.78 is 0. The van der Waals surface area contributed by atoms with Crippen LogP contribution in [-0.2, 0) is 4.79 Å². The maximum atomic E-state index is 11.6. The fourth-order valence-electron chi connectivity index (χ4n) is 1.55. The minimum Gasteiger partial charge on any atom is -0.339 e. The van der Waals surface area contributed by atoms with Crippen LogP contribution in [0, 0.1) is 0 Å². The number of amides is 1. The van der Waals surface area contributed by atoms with Crippen LogP contribution >= 0.6 is 0 Å². The number of piperazine rings is 1. The monoisotopic (exact) mass is 183 g/mol. The molecule has 1 saturated carbocycles. The number of nitrogens with zero attached hydrogens (tertiary/aromatic N) is 1. The molecule has 4 heteroatoms. The summed E-state index contributed by atoms with van der Waals surface area (Å²) in [5.74, 6) is 0.258. The Morgan fingerprint density at radius 1 is 1.38 bits per heavy atom. The molecule has 0 aromatic carbocycles. The van der Waals surface area contributed by atoms with Gasteiger partial charge < -0.3 is 15.5 Å². The summed E-state index contributed by atoms with van der Waals surface area (Å²) in [5.41, 5.74) is 0. The van der Waals surface area contributed by atoms with Gasteiger partial charge in [0.1, 0.15) is 0 Å². The molecule has 1 amide bonds. The third kappa shape index (κ3) is 2.67. The van der Waals surface area contributed by atoms with Crippen molar-refractivity contribution in [3.05, 3.63) is 0 Å². The summed E-state index contributed by atoms with van der Waals surface area (Å²) in [4.78, 5) is 13.5. The molecule has 0 aromatic heterocycles. The van der Waals surface area contributed by atoms with E-state index in [1.54, 1.807) is 0 Å². The molecule has 0 atom stereocenters. The molecular formula is C9H17N3O. The minimum atomic E-state index is 0.258. The molecule has 0 radical (unpaired) electrons. The Bertz CT molecular complexity index is 185. The molecule has 1 aliphatic heterocycles. The van der Waals surface area contributed by atoms with Crippen molar-refractivity contribution in [3.8, 4) is 0 Å². The van der Waals surface area contributed by atoms with Crippen molar-refractivity contribution >= 4 is 5.91 Å². The van der Waals surface area contributed by atoms with Crippen molar-refractivity contribution in [3.63, 3.8) is 0 Å². The summed E-state index contributed by atoms with van der Waals surface area (Å²) in [5, 5.41) is 6.47. The van der Waals surface area contributed by atoms with E-state index in [1.165, 1.54) is 12.8 Å². The van der Waals surface area contributed by atoms with Crippen LogP contribution in [0.25, 0.3) is 0 Å². The lowest BCUT2D eigenvalue weighted by atomic mass is 10.3. The van der Waals surface area contributed by atoms with Gasteiger partial charge in [0.2, 0.25) is 5.91 Å². The quantitative estimate of drug-likeness (QED) is 0.600. The molecule has 2 aliphatic rings. The lowest BCUT2D eigenvalue weighted by Gasteiger charge is -2.27. The van der Waals surface area contributed by atoms with Crippen LogP contribution in [-0.4, -0.2) is 49.6 Å². The van der Waals surface area contributed by atoms with Crippen molar-refractivity contribution < 1.29 is 4.79 Å². The lowest BCUT2D eigenvalue weighted by Crippen LogP contribution is -2.49. The molecule has 0 aromatic rings. The van der Waals surface area contributed by atoms with Crippen LogP contribution in [0.5, 0.6) is 0 Å². The number of hydrogen-bond donors (Lipinski definition) is 2. The minimum absolute atomic E-state index is 0.258. The summed E-state index contributed by atoms with van der Waals surface area (Å²) >= 11 is 0. The average molecular weight is 183 g/mol. The number of carbonyl (C=O) groups is 1. The van der Waals surface area contributed by atoms with Gasteiger partial charge in [-0.15, -0.1) is 0 Å². The second-order valence-corrected chi connectivity index (χ2v) is 3.79. The first-order valence-corrected chi connectivity index (χ1v) is 5.08. The highest BCUT2D eigenvalue weighted by molar-refractivity contribution is 5.78. The van der Waals surface area contributed by atoms with Crippen LogP contribution in [0.3, 0.4) is 0 Å². The standard InChI is InChI=1S/C9H17N3O/c13-9(7-11-8-1-2-8)12-5-3-10-4-6-12/h8,10-11H,1-7H2. The maximum Gasteiger partial charge on any atom is 0.236 e. The molecule has 0 spiro atoms. The molecule has 74 valence electrons. The van der Waals surface area contributed by atoms with E-state index in [4.69, 9.17) is 0 Å². The van der Waals surface area contributed by atoms with Gasteiger partial charge in [-0.2, -0.15) is 0 Å². The number of hydrogen-bond acceptors (Lipinski definition) is 3. The van der Waals surface area contributed by atoms with Crippen LogP contribution in [0.15, 0.2) is 0 Å². The SMILES string of the molecule is O=C(CNC1CC1)N1CCNCC1. The van der Waals surface area contributed by atoms with E-state index in [9.17, 15) is 4.79 Å². The van der Waals surface area contributed by atoms with Crippen molar-refractivity contribution in [1.29, 1.82) is 0 Å². The molecule has 2 fully saturated rings. The average Bonchev–Trinajstić information content (AvgIpc) is 2.99. The van der Waals surface area contributed by atoms with Gasteiger partial charge in [-0.05, 0) is 12.8 Å². The maximum absolute atomic E-state index is 11.6. The van der Waals surface area contributed by atoms with E-state index in [1.807, 2.05) is 4.90 Å². The zero-order chi connectivity index (χ0) is 9.10. The predicted molar refractivity (Wildman–Crippen MR) is 50.5 cm³/mol. The van der Waals surface area contributed by atoms with Gasteiger partial charge in [0.25, 0.3) is 0 Å². The molecule has 13 heavy (non-hydrogen) atoms. The molecule has 0 unspecified atom stereocenters. The van der Waals surface area contributed by atoms with Crippen LogP contribution < -0.4 is 10.6 Å². The van der Waals surface area contributed by atoms with Crippen LogP contribution in [0.2, 0.25) is 0 Å². The molecule has 4 nitrogen and oxygen atoms in total. The Morgan fingerprint density at radius 2 is 2.08 bits per heavy atom. The Balaban J connectivity index is 1.67. The van der Waals surface area contributed by atoms with Crippen LogP contribution in [0.4, 0.5) is 0 Å². The Hall–Kier alpha value is -0.610. The number of carbonyl (C=O) groups excluding carboxylic acids is 1. The smallest absolute Gasteiger partial charge is 0.236 e.